The highest BCUT2D eigenvalue weighted by atomic mass is 79.9. The van der Waals surface area contributed by atoms with E-state index < -0.39 is 6.17 Å². The highest BCUT2D eigenvalue weighted by Gasteiger charge is 2.24. The normalized spacial score (nSPS) is 22.9. The SMILES string of the molecule is FC(Cc1ccccc1Br)C1CCCN1. The minimum absolute atomic E-state index is 0.0529. The average molecular weight is 272 g/mol. The van der Waals surface area contributed by atoms with Crippen LogP contribution >= 0.6 is 15.9 Å². The first-order chi connectivity index (χ1) is 7.27. The highest BCUT2D eigenvalue weighted by Crippen LogP contribution is 2.21. The molecular weight excluding hydrogens is 257 g/mol. The summed E-state index contributed by atoms with van der Waals surface area (Å²) < 4.78 is 14.9. The van der Waals surface area contributed by atoms with Crippen LogP contribution in [-0.4, -0.2) is 18.8 Å². The lowest BCUT2D eigenvalue weighted by Crippen LogP contribution is -2.33. The van der Waals surface area contributed by atoms with Gasteiger partial charge in [-0.2, -0.15) is 0 Å². The predicted molar refractivity (Wildman–Crippen MR) is 63.8 cm³/mol. The number of hydrogen-bond donors (Lipinski definition) is 1. The first-order valence-electron chi connectivity index (χ1n) is 5.38. The fraction of sp³-hybridized carbons (Fsp3) is 0.500. The van der Waals surface area contributed by atoms with Crippen molar-refractivity contribution in [3.05, 3.63) is 34.3 Å². The summed E-state index contributed by atoms with van der Waals surface area (Å²) in [6, 6.07) is 7.90. The molecule has 1 aromatic carbocycles. The molecule has 0 aliphatic carbocycles. The molecule has 3 heteroatoms. The first kappa shape index (κ1) is 11.1. The van der Waals surface area contributed by atoms with E-state index in [1.165, 1.54) is 0 Å². The molecule has 0 aromatic heterocycles. The Morgan fingerprint density at radius 3 is 2.93 bits per heavy atom. The van der Waals surface area contributed by atoms with Gasteiger partial charge in [0.15, 0.2) is 0 Å². The van der Waals surface area contributed by atoms with Crippen LogP contribution in [0.15, 0.2) is 28.7 Å². The molecule has 1 aliphatic rings. The smallest absolute Gasteiger partial charge is 0.119 e. The second-order valence-corrected chi connectivity index (χ2v) is 4.87. The molecular formula is C12H15BrFN. The lowest BCUT2D eigenvalue weighted by atomic mass is 10.0. The zero-order valence-electron chi connectivity index (χ0n) is 8.55. The van der Waals surface area contributed by atoms with Crippen LogP contribution in [0.2, 0.25) is 0 Å². The molecule has 2 rings (SSSR count). The Balaban J connectivity index is 1.99. The Morgan fingerprint density at radius 2 is 2.27 bits per heavy atom. The maximum atomic E-state index is 13.9. The van der Waals surface area contributed by atoms with Gasteiger partial charge in [0.2, 0.25) is 0 Å². The molecule has 2 unspecified atom stereocenters. The molecule has 0 radical (unpaired) electrons. The third kappa shape index (κ3) is 2.79. The summed E-state index contributed by atoms with van der Waals surface area (Å²) in [6.45, 7) is 0.959. The van der Waals surface area contributed by atoms with Gasteiger partial charge >= 0.3 is 0 Å². The molecule has 82 valence electrons. The summed E-state index contributed by atoms with van der Waals surface area (Å²) >= 11 is 3.45. The minimum Gasteiger partial charge on any atom is -0.311 e. The van der Waals surface area contributed by atoms with E-state index in [-0.39, 0.29) is 6.04 Å². The molecule has 0 bridgehead atoms. The van der Waals surface area contributed by atoms with Crippen LogP contribution in [0.1, 0.15) is 18.4 Å². The van der Waals surface area contributed by atoms with Gasteiger partial charge in [-0.05, 0) is 31.0 Å². The third-order valence-corrected chi connectivity index (χ3v) is 3.68. The van der Waals surface area contributed by atoms with Crippen LogP contribution < -0.4 is 5.32 Å². The van der Waals surface area contributed by atoms with E-state index in [1.807, 2.05) is 24.3 Å². The monoisotopic (exact) mass is 271 g/mol. The molecule has 1 fully saturated rings. The fourth-order valence-electron chi connectivity index (χ4n) is 2.04. The molecule has 1 heterocycles. The summed E-state index contributed by atoms with van der Waals surface area (Å²) in [7, 11) is 0. The van der Waals surface area contributed by atoms with E-state index in [9.17, 15) is 4.39 Å². The Morgan fingerprint density at radius 1 is 1.47 bits per heavy atom. The van der Waals surface area contributed by atoms with Crippen molar-refractivity contribution < 1.29 is 4.39 Å². The minimum atomic E-state index is -0.772. The van der Waals surface area contributed by atoms with E-state index in [0.29, 0.717) is 6.42 Å². The number of nitrogens with one attached hydrogen (secondary N) is 1. The standard InChI is InChI=1S/C12H15BrFN/c13-10-5-2-1-4-9(10)8-11(14)12-6-3-7-15-12/h1-2,4-5,11-12,15H,3,6-8H2. The third-order valence-electron chi connectivity index (χ3n) is 2.91. The maximum Gasteiger partial charge on any atom is 0.119 e. The molecule has 1 N–H and O–H groups in total. The first-order valence-corrected chi connectivity index (χ1v) is 6.17. The predicted octanol–water partition coefficient (Wildman–Crippen LogP) is 3.08. The molecule has 1 aromatic rings. The second-order valence-electron chi connectivity index (χ2n) is 4.01. The molecule has 0 amide bonds. The quantitative estimate of drug-likeness (QED) is 0.891. The summed E-state index contributed by atoms with van der Waals surface area (Å²) in [5.41, 5.74) is 1.05. The molecule has 2 atom stereocenters. The number of benzene rings is 1. The van der Waals surface area contributed by atoms with Crippen LogP contribution in [0.4, 0.5) is 4.39 Å². The molecule has 15 heavy (non-hydrogen) atoms. The van der Waals surface area contributed by atoms with Gasteiger partial charge in [0.25, 0.3) is 0 Å². The van der Waals surface area contributed by atoms with Gasteiger partial charge in [-0.3, -0.25) is 0 Å². The van der Waals surface area contributed by atoms with Crippen molar-refractivity contribution in [1.82, 2.24) is 5.32 Å². The van der Waals surface area contributed by atoms with Gasteiger partial charge in [-0.1, -0.05) is 34.1 Å². The van der Waals surface area contributed by atoms with Crippen molar-refractivity contribution in [2.45, 2.75) is 31.5 Å². The summed E-state index contributed by atoms with van der Waals surface area (Å²) in [5, 5.41) is 3.21. The van der Waals surface area contributed by atoms with Gasteiger partial charge in [0.05, 0.1) is 0 Å². The van der Waals surface area contributed by atoms with Gasteiger partial charge in [-0.15, -0.1) is 0 Å². The van der Waals surface area contributed by atoms with E-state index in [2.05, 4.69) is 21.2 Å². The number of hydrogen-bond acceptors (Lipinski definition) is 1. The van der Waals surface area contributed by atoms with Gasteiger partial charge in [-0.25, -0.2) is 4.39 Å². The van der Waals surface area contributed by atoms with E-state index in [4.69, 9.17) is 0 Å². The zero-order chi connectivity index (χ0) is 10.7. The van der Waals surface area contributed by atoms with Crippen LogP contribution in [-0.2, 0) is 6.42 Å². The lowest BCUT2D eigenvalue weighted by molar-refractivity contribution is 0.263. The largest absolute Gasteiger partial charge is 0.311 e. The van der Waals surface area contributed by atoms with E-state index in [1.54, 1.807) is 0 Å². The van der Waals surface area contributed by atoms with Crippen molar-refractivity contribution >= 4 is 15.9 Å². The molecule has 1 aliphatic heterocycles. The van der Waals surface area contributed by atoms with Crippen LogP contribution in [0.5, 0.6) is 0 Å². The van der Waals surface area contributed by atoms with Crippen LogP contribution in [0.3, 0.4) is 0 Å². The number of rotatable bonds is 3. The van der Waals surface area contributed by atoms with Gasteiger partial charge in [0.1, 0.15) is 6.17 Å². The second kappa shape index (κ2) is 5.08. The average Bonchev–Trinajstić information content (AvgIpc) is 2.74. The van der Waals surface area contributed by atoms with Crippen molar-refractivity contribution in [2.75, 3.05) is 6.54 Å². The molecule has 0 saturated carbocycles. The zero-order valence-corrected chi connectivity index (χ0v) is 10.1. The Hall–Kier alpha value is -0.410. The summed E-state index contributed by atoms with van der Waals surface area (Å²) in [5.74, 6) is 0. The van der Waals surface area contributed by atoms with Crippen molar-refractivity contribution in [3.63, 3.8) is 0 Å². The Kier molecular flexibility index (Phi) is 3.76. The Bertz CT molecular complexity index is 323. The maximum absolute atomic E-state index is 13.9. The fourth-order valence-corrected chi connectivity index (χ4v) is 2.48. The molecule has 1 nitrogen and oxygen atoms in total. The van der Waals surface area contributed by atoms with Crippen molar-refractivity contribution in [3.8, 4) is 0 Å². The van der Waals surface area contributed by atoms with Crippen molar-refractivity contribution in [1.29, 1.82) is 0 Å². The topological polar surface area (TPSA) is 12.0 Å². The Labute approximate surface area is 98.2 Å². The summed E-state index contributed by atoms with van der Waals surface area (Å²) in [6.07, 6.45) is 1.79. The van der Waals surface area contributed by atoms with Crippen LogP contribution in [0, 0.1) is 0 Å². The van der Waals surface area contributed by atoms with Gasteiger partial charge < -0.3 is 5.32 Å². The lowest BCUT2D eigenvalue weighted by Gasteiger charge is -2.16. The van der Waals surface area contributed by atoms with E-state index in [0.717, 1.165) is 29.4 Å². The molecule has 0 spiro atoms. The number of alkyl halides is 1. The molecule has 1 saturated heterocycles. The summed E-state index contributed by atoms with van der Waals surface area (Å²) in [4.78, 5) is 0. The van der Waals surface area contributed by atoms with Gasteiger partial charge in [0, 0.05) is 16.9 Å². The highest BCUT2D eigenvalue weighted by molar-refractivity contribution is 9.10. The van der Waals surface area contributed by atoms with Crippen LogP contribution in [0.25, 0.3) is 0 Å². The van der Waals surface area contributed by atoms with E-state index >= 15 is 0 Å². The van der Waals surface area contributed by atoms with Crippen molar-refractivity contribution in [2.24, 2.45) is 0 Å². The number of halogens is 2.